The van der Waals surface area contributed by atoms with E-state index in [2.05, 4.69) is 21.2 Å². The molecular formula is C25H23BrN2O5. The molecule has 1 heterocycles. The number of anilines is 2. The molecule has 1 fully saturated rings. The number of carbonyl (C=O) groups excluding carboxylic acids is 4. The van der Waals surface area contributed by atoms with Gasteiger partial charge in [-0.25, -0.2) is 4.79 Å². The normalized spacial score (nSPS) is 19.4. The second-order valence-corrected chi connectivity index (χ2v) is 8.91. The van der Waals surface area contributed by atoms with Crippen molar-refractivity contribution in [1.82, 2.24) is 0 Å². The predicted molar refractivity (Wildman–Crippen MR) is 127 cm³/mol. The summed E-state index contributed by atoms with van der Waals surface area (Å²) in [5.74, 6) is -2.38. The first kappa shape index (κ1) is 22.9. The number of hydrogen-bond acceptors (Lipinski definition) is 5. The fraction of sp³-hybridized carbons (Fsp3) is 0.280. The van der Waals surface area contributed by atoms with Crippen LogP contribution in [0.3, 0.4) is 0 Å². The average Bonchev–Trinajstić information content (AvgIpc) is 3.08. The maximum atomic E-state index is 12.8. The van der Waals surface area contributed by atoms with E-state index in [-0.39, 0.29) is 29.2 Å². The molecule has 1 N–H and O–H groups in total. The Bertz CT molecular complexity index is 1130. The number of halogens is 1. The molecule has 1 saturated heterocycles. The van der Waals surface area contributed by atoms with Gasteiger partial charge in [-0.05, 0) is 61.2 Å². The van der Waals surface area contributed by atoms with Gasteiger partial charge in [0.15, 0.2) is 6.61 Å². The molecule has 0 saturated carbocycles. The summed E-state index contributed by atoms with van der Waals surface area (Å²) in [6.45, 7) is 1.52. The number of carbonyl (C=O) groups is 4. The van der Waals surface area contributed by atoms with Crippen molar-refractivity contribution >= 4 is 51.0 Å². The summed E-state index contributed by atoms with van der Waals surface area (Å²) in [4.78, 5) is 51.6. The predicted octanol–water partition coefficient (Wildman–Crippen LogP) is 4.26. The molecule has 1 aliphatic carbocycles. The van der Waals surface area contributed by atoms with Crippen LogP contribution in [-0.2, 0) is 25.5 Å². The third-order valence-corrected chi connectivity index (χ3v) is 6.40. The van der Waals surface area contributed by atoms with E-state index in [1.54, 1.807) is 18.2 Å². The van der Waals surface area contributed by atoms with E-state index < -0.39 is 18.5 Å². The zero-order chi connectivity index (χ0) is 23.5. The maximum Gasteiger partial charge on any atom is 0.338 e. The highest BCUT2D eigenvalue weighted by atomic mass is 79.9. The minimum absolute atomic E-state index is 0.159. The molecule has 33 heavy (non-hydrogen) atoms. The first-order valence-electron chi connectivity index (χ1n) is 10.8. The van der Waals surface area contributed by atoms with E-state index in [0.29, 0.717) is 24.2 Å². The lowest BCUT2D eigenvalue weighted by Crippen LogP contribution is -2.31. The van der Waals surface area contributed by atoms with Gasteiger partial charge in [-0.1, -0.05) is 41.1 Å². The number of esters is 1. The minimum atomic E-state index is -0.711. The lowest BCUT2D eigenvalue weighted by Gasteiger charge is -2.15. The van der Waals surface area contributed by atoms with Gasteiger partial charge in [0.2, 0.25) is 11.8 Å². The zero-order valence-corrected chi connectivity index (χ0v) is 19.6. The molecular weight excluding hydrogens is 488 g/mol. The molecule has 4 rings (SSSR count). The molecule has 7 nitrogen and oxygen atoms in total. The lowest BCUT2D eigenvalue weighted by molar-refractivity contribution is -0.122. The van der Waals surface area contributed by atoms with Crippen LogP contribution in [0.2, 0.25) is 0 Å². The fourth-order valence-corrected chi connectivity index (χ4v) is 4.61. The van der Waals surface area contributed by atoms with Crippen molar-refractivity contribution < 1.29 is 23.9 Å². The second-order valence-electron chi connectivity index (χ2n) is 8.00. The zero-order valence-electron chi connectivity index (χ0n) is 18.0. The second kappa shape index (κ2) is 9.70. The molecule has 1 aliphatic heterocycles. The van der Waals surface area contributed by atoms with Gasteiger partial charge in [-0.3, -0.25) is 19.3 Å². The van der Waals surface area contributed by atoms with Crippen LogP contribution in [0.15, 0.2) is 59.1 Å². The van der Waals surface area contributed by atoms with Crippen LogP contribution < -0.4 is 10.2 Å². The average molecular weight is 511 g/mol. The lowest BCUT2D eigenvalue weighted by atomic mass is 9.85. The van der Waals surface area contributed by atoms with E-state index in [0.717, 1.165) is 21.4 Å². The Morgan fingerprint density at radius 3 is 2.42 bits per heavy atom. The standard InChI is InChI=1S/C25H23BrN2O5/c1-2-15-12-17(26)10-11-21(15)27-22(29)14-33-25(32)16-6-5-7-18(13-16)28-23(30)19-8-3-4-9-20(19)24(28)31/h3-7,10-13,19-20H,2,8-9,14H2,1H3,(H,27,29)/t19-,20-/m1/s1. The topological polar surface area (TPSA) is 92.8 Å². The number of ether oxygens (including phenoxy) is 1. The quantitative estimate of drug-likeness (QED) is 0.356. The Morgan fingerprint density at radius 1 is 1.06 bits per heavy atom. The number of fused-ring (bicyclic) bond motifs is 1. The highest BCUT2D eigenvalue weighted by Crippen LogP contribution is 2.37. The molecule has 0 radical (unpaired) electrons. The summed E-state index contributed by atoms with van der Waals surface area (Å²) >= 11 is 3.40. The van der Waals surface area contributed by atoms with Crippen LogP contribution in [-0.4, -0.2) is 30.3 Å². The molecule has 170 valence electrons. The van der Waals surface area contributed by atoms with Crippen LogP contribution in [0.1, 0.15) is 35.7 Å². The fourth-order valence-electron chi connectivity index (χ4n) is 4.20. The summed E-state index contributed by atoms with van der Waals surface area (Å²) < 4.78 is 6.08. The first-order chi connectivity index (χ1) is 15.9. The van der Waals surface area contributed by atoms with Gasteiger partial charge in [0.05, 0.1) is 23.1 Å². The molecule has 2 atom stereocenters. The Hall–Kier alpha value is -3.26. The monoisotopic (exact) mass is 510 g/mol. The van der Waals surface area contributed by atoms with E-state index in [1.807, 2.05) is 31.2 Å². The van der Waals surface area contributed by atoms with Crippen LogP contribution in [0, 0.1) is 11.8 Å². The summed E-state index contributed by atoms with van der Waals surface area (Å²) in [6.07, 6.45) is 5.66. The molecule has 8 heteroatoms. The van der Waals surface area contributed by atoms with Crippen molar-refractivity contribution in [3.05, 3.63) is 70.2 Å². The van der Waals surface area contributed by atoms with E-state index in [4.69, 9.17) is 4.74 Å². The molecule has 2 aromatic carbocycles. The van der Waals surface area contributed by atoms with Crippen molar-refractivity contribution in [2.24, 2.45) is 11.8 Å². The Kier molecular flexibility index (Phi) is 6.74. The van der Waals surface area contributed by atoms with Crippen LogP contribution in [0.5, 0.6) is 0 Å². The Labute approximate surface area is 199 Å². The van der Waals surface area contributed by atoms with Crippen LogP contribution in [0.25, 0.3) is 0 Å². The van der Waals surface area contributed by atoms with E-state index >= 15 is 0 Å². The van der Waals surface area contributed by atoms with Crippen LogP contribution >= 0.6 is 15.9 Å². The molecule has 0 aromatic heterocycles. The Morgan fingerprint density at radius 2 is 1.76 bits per heavy atom. The first-order valence-corrected chi connectivity index (χ1v) is 11.6. The largest absolute Gasteiger partial charge is 0.452 e. The molecule has 3 amide bonds. The van der Waals surface area contributed by atoms with Gasteiger partial charge in [0.1, 0.15) is 0 Å². The van der Waals surface area contributed by atoms with E-state index in [9.17, 15) is 19.2 Å². The molecule has 0 spiro atoms. The number of allylic oxidation sites excluding steroid dienone is 2. The van der Waals surface area contributed by atoms with Crippen molar-refractivity contribution in [3.8, 4) is 0 Å². The highest BCUT2D eigenvalue weighted by molar-refractivity contribution is 9.10. The molecule has 2 aromatic rings. The molecule has 2 aliphatic rings. The maximum absolute atomic E-state index is 12.8. The number of amides is 3. The van der Waals surface area contributed by atoms with Crippen molar-refractivity contribution in [3.63, 3.8) is 0 Å². The van der Waals surface area contributed by atoms with E-state index in [1.165, 1.54) is 12.1 Å². The number of benzene rings is 2. The van der Waals surface area contributed by atoms with Crippen molar-refractivity contribution in [2.75, 3.05) is 16.8 Å². The summed E-state index contributed by atoms with van der Waals surface area (Å²) in [5, 5.41) is 2.75. The number of nitrogens with one attached hydrogen (secondary N) is 1. The van der Waals surface area contributed by atoms with Gasteiger partial charge in [-0.2, -0.15) is 0 Å². The molecule has 0 unspecified atom stereocenters. The van der Waals surface area contributed by atoms with Gasteiger partial charge < -0.3 is 10.1 Å². The number of aryl methyl sites for hydroxylation is 1. The van der Waals surface area contributed by atoms with Gasteiger partial charge in [0, 0.05) is 10.2 Å². The van der Waals surface area contributed by atoms with Gasteiger partial charge >= 0.3 is 5.97 Å². The molecule has 0 bridgehead atoms. The van der Waals surface area contributed by atoms with Crippen molar-refractivity contribution in [1.29, 1.82) is 0 Å². The number of hydrogen-bond donors (Lipinski definition) is 1. The third-order valence-electron chi connectivity index (χ3n) is 5.90. The number of rotatable bonds is 6. The summed E-state index contributed by atoms with van der Waals surface area (Å²) in [6, 6.07) is 11.7. The summed E-state index contributed by atoms with van der Waals surface area (Å²) in [7, 11) is 0. The van der Waals surface area contributed by atoms with Gasteiger partial charge in [-0.15, -0.1) is 0 Å². The van der Waals surface area contributed by atoms with Gasteiger partial charge in [0.25, 0.3) is 5.91 Å². The highest BCUT2D eigenvalue weighted by Gasteiger charge is 2.47. The SMILES string of the molecule is CCc1cc(Br)ccc1NC(=O)COC(=O)c1cccc(N2C(=O)[C@@H]3CC=CC[C@H]3C2=O)c1. The Balaban J connectivity index is 1.41. The summed E-state index contributed by atoms with van der Waals surface area (Å²) in [5.41, 5.74) is 2.10. The third kappa shape index (κ3) is 4.75. The van der Waals surface area contributed by atoms with Crippen molar-refractivity contribution in [2.45, 2.75) is 26.2 Å². The number of imide groups is 1. The number of nitrogens with zero attached hydrogens (tertiary/aromatic N) is 1. The minimum Gasteiger partial charge on any atom is -0.452 e. The van der Waals surface area contributed by atoms with Crippen LogP contribution in [0.4, 0.5) is 11.4 Å². The smallest absolute Gasteiger partial charge is 0.338 e.